The van der Waals surface area contributed by atoms with Gasteiger partial charge in [-0.2, -0.15) is 0 Å². The summed E-state index contributed by atoms with van der Waals surface area (Å²) >= 11 is 0. The molecule has 0 spiro atoms. The maximum atomic E-state index is 12.7. The second-order valence-corrected chi connectivity index (χ2v) is 5.40. The van der Waals surface area contributed by atoms with Crippen molar-refractivity contribution in [1.82, 2.24) is 4.98 Å². The number of fused-ring (bicyclic) bond motifs is 1. The van der Waals surface area contributed by atoms with Crippen LogP contribution in [0.3, 0.4) is 0 Å². The minimum Gasteiger partial charge on any atom is -0.497 e. The summed E-state index contributed by atoms with van der Waals surface area (Å²) in [5, 5.41) is 0.861. The second-order valence-electron chi connectivity index (χ2n) is 5.40. The van der Waals surface area contributed by atoms with E-state index in [1.165, 1.54) is 0 Å². The zero-order valence-corrected chi connectivity index (χ0v) is 13.9. The van der Waals surface area contributed by atoms with Crippen LogP contribution in [0, 0.1) is 0 Å². The van der Waals surface area contributed by atoms with E-state index in [0.717, 1.165) is 22.2 Å². The number of methoxy groups -OCH3 is 3. The van der Waals surface area contributed by atoms with Gasteiger partial charge in [-0.15, -0.1) is 0 Å². The molecule has 0 bridgehead atoms. The first-order chi connectivity index (χ1) is 11.7. The van der Waals surface area contributed by atoms with E-state index in [2.05, 4.69) is 4.98 Å². The van der Waals surface area contributed by atoms with Crippen LogP contribution in [-0.4, -0.2) is 32.1 Å². The summed E-state index contributed by atoms with van der Waals surface area (Å²) in [5.41, 5.74) is 2.43. The van der Waals surface area contributed by atoms with Gasteiger partial charge in [0.15, 0.2) is 17.3 Å². The van der Waals surface area contributed by atoms with E-state index in [0.29, 0.717) is 17.1 Å². The van der Waals surface area contributed by atoms with Gasteiger partial charge in [0.1, 0.15) is 5.75 Å². The number of carbonyl (C=O) groups excluding carboxylic acids is 1. The predicted octanol–water partition coefficient (Wildman–Crippen LogP) is 3.62. The average molecular weight is 325 g/mol. The van der Waals surface area contributed by atoms with E-state index in [1.54, 1.807) is 33.6 Å². The first kappa shape index (κ1) is 15.9. The molecule has 1 aromatic heterocycles. The molecule has 1 heterocycles. The lowest BCUT2D eigenvalue weighted by Crippen LogP contribution is -2.03. The first-order valence-electron chi connectivity index (χ1n) is 7.55. The van der Waals surface area contributed by atoms with Crippen molar-refractivity contribution < 1.29 is 19.0 Å². The van der Waals surface area contributed by atoms with Gasteiger partial charge in [0, 0.05) is 29.1 Å². The Morgan fingerprint density at radius 2 is 1.75 bits per heavy atom. The number of hydrogen-bond acceptors (Lipinski definition) is 4. The molecule has 0 radical (unpaired) electrons. The molecule has 2 aromatic carbocycles. The van der Waals surface area contributed by atoms with Gasteiger partial charge in [-0.05, 0) is 35.9 Å². The topological polar surface area (TPSA) is 60.6 Å². The lowest BCUT2D eigenvalue weighted by atomic mass is 10.0. The van der Waals surface area contributed by atoms with Crippen LogP contribution < -0.4 is 14.2 Å². The van der Waals surface area contributed by atoms with Crippen LogP contribution in [0.2, 0.25) is 0 Å². The van der Waals surface area contributed by atoms with E-state index < -0.39 is 0 Å². The van der Waals surface area contributed by atoms with Crippen molar-refractivity contribution in [2.24, 2.45) is 0 Å². The summed E-state index contributed by atoms with van der Waals surface area (Å²) in [5.74, 6) is 2.01. The number of H-pyrrole nitrogens is 1. The fourth-order valence-corrected chi connectivity index (χ4v) is 2.73. The molecule has 0 aliphatic rings. The molecule has 0 unspecified atom stereocenters. The normalized spacial score (nSPS) is 10.6. The summed E-state index contributed by atoms with van der Waals surface area (Å²) in [7, 11) is 4.77. The molecule has 0 atom stereocenters. The van der Waals surface area contributed by atoms with Crippen molar-refractivity contribution in [3.05, 3.63) is 53.7 Å². The van der Waals surface area contributed by atoms with Gasteiger partial charge in [-0.1, -0.05) is 6.07 Å². The number of aromatic amines is 1. The maximum absolute atomic E-state index is 12.7. The Kier molecular flexibility index (Phi) is 4.42. The van der Waals surface area contributed by atoms with Crippen LogP contribution in [0.4, 0.5) is 0 Å². The van der Waals surface area contributed by atoms with Crippen LogP contribution >= 0.6 is 0 Å². The molecule has 5 heteroatoms. The fourth-order valence-electron chi connectivity index (χ4n) is 2.73. The third kappa shape index (κ3) is 2.93. The zero-order valence-electron chi connectivity index (χ0n) is 13.9. The molecule has 124 valence electrons. The number of nitrogens with one attached hydrogen (secondary N) is 1. The van der Waals surface area contributed by atoms with Gasteiger partial charge >= 0.3 is 0 Å². The molecule has 24 heavy (non-hydrogen) atoms. The van der Waals surface area contributed by atoms with Gasteiger partial charge in [0.25, 0.3) is 0 Å². The van der Waals surface area contributed by atoms with Crippen molar-refractivity contribution in [1.29, 1.82) is 0 Å². The molecule has 0 aliphatic carbocycles. The third-order valence-corrected chi connectivity index (χ3v) is 4.00. The highest BCUT2D eigenvalue weighted by molar-refractivity contribution is 6.08. The first-order valence-corrected chi connectivity index (χ1v) is 7.55. The molecule has 1 N–H and O–H groups in total. The standard InChI is InChI=1S/C19H19NO4/c1-22-13-5-6-16-14(10-13)15(11-20-16)17(21)8-12-4-7-18(23-2)19(9-12)24-3/h4-7,9-11,20H,8H2,1-3H3. The number of ether oxygens (including phenoxy) is 3. The summed E-state index contributed by atoms with van der Waals surface area (Å²) in [6.45, 7) is 0. The van der Waals surface area contributed by atoms with E-state index in [4.69, 9.17) is 14.2 Å². The second kappa shape index (κ2) is 6.66. The molecule has 0 aliphatic heterocycles. The van der Waals surface area contributed by atoms with E-state index in [1.807, 2.05) is 30.3 Å². The number of carbonyl (C=O) groups is 1. The Balaban J connectivity index is 1.90. The molecule has 5 nitrogen and oxygen atoms in total. The quantitative estimate of drug-likeness (QED) is 0.703. The predicted molar refractivity (Wildman–Crippen MR) is 92.4 cm³/mol. The van der Waals surface area contributed by atoms with Crippen molar-refractivity contribution in [2.45, 2.75) is 6.42 Å². The van der Waals surface area contributed by atoms with Crippen LogP contribution in [0.15, 0.2) is 42.6 Å². The van der Waals surface area contributed by atoms with Gasteiger partial charge < -0.3 is 19.2 Å². The van der Waals surface area contributed by atoms with Gasteiger partial charge in [0.2, 0.25) is 0 Å². The Labute approximate surface area is 140 Å². The number of benzene rings is 2. The maximum Gasteiger partial charge on any atom is 0.169 e. The molecule has 0 saturated carbocycles. The zero-order chi connectivity index (χ0) is 17.1. The van der Waals surface area contributed by atoms with Crippen LogP contribution in [0.5, 0.6) is 17.2 Å². The summed E-state index contributed by atoms with van der Waals surface area (Å²) in [4.78, 5) is 15.8. The molecule has 0 fully saturated rings. The lowest BCUT2D eigenvalue weighted by molar-refractivity contribution is 0.0994. The number of Topliss-reactive ketones (excluding diaryl/α,β-unsaturated/α-hetero) is 1. The molecular weight excluding hydrogens is 306 g/mol. The monoisotopic (exact) mass is 325 g/mol. The number of ketones is 1. The van der Waals surface area contributed by atoms with E-state index in [9.17, 15) is 4.79 Å². The fraction of sp³-hybridized carbons (Fsp3) is 0.211. The van der Waals surface area contributed by atoms with Crippen molar-refractivity contribution in [2.75, 3.05) is 21.3 Å². The van der Waals surface area contributed by atoms with Crippen molar-refractivity contribution in [3.63, 3.8) is 0 Å². The number of rotatable bonds is 6. The number of aromatic nitrogens is 1. The molecule has 0 saturated heterocycles. The summed E-state index contributed by atoms with van der Waals surface area (Å²) < 4.78 is 15.8. The minimum absolute atomic E-state index is 0.0294. The van der Waals surface area contributed by atoms with Gasteiger partial charge in [0.05, 0.1) is 21.3 Å². The van der Waals surface area contributed by atoms with Crippen LogP contribution in [-0.2, 0) is 6.42 Å². The smallest absolute Gasteiger partial charge is 0.169 e. The molecular formula is C19H19NO4. The number of hydrogen-bond donors (Lipinski definition) is 1. The Morgan fingerprint density at radius 3 is 2.46 bits per heavy atom. The molecule has 0 amide bonds. The largest absolute Gasteiger partial charge is 0.497 e. The molecule has 3 aromatic rings. The van der Waals surface area contributed by atoms with Crippen molar-refractivity contribution >= 4 is 16.7 Å². The minimum atomic E-state index is 0.0294. The average Bonchev–Trinajstić information content (AvgIpc) is 3.04. The Bertz CT molecular complexity index is 882. The highest BCUT2D eigenvalue weighted by Crippen LogP contribution is 2.29. The highest BCUT2D eigenvalue weighted by Gasteiger charge is 2.15. The Morgan fingerprint density at radius 1 is 0.958 bits per heavy atom. The van der Waals surface area contributed by atoms with Crippen molar-refractivity contribution in [3.8, 4) is 17.2 Å². The highest BCUT2D eigenvalue weighted by atomic mass is 16.5. The van der Waals surface area contributed by atoms with E-state index >= 15 is 0 Å². The van der Waals surface area contributed by atoms with Gasteiger partial charge in [-0.25, -0.2) is 0 Å². The molecule has 3 rings (SSSR count). The third-order valence-electron chi connectivity index (χ3n) is 4.00. The SMILES string of the molecule is COc1ccc2[nH]cc(C(=O)Cc3ccc(OC)c(OC)c3)c2c1. The lowest BCUT2D eigenvalue weighted by Gasteiger charge is -2.09. The van der Waals surface area contributed by atoms with Crippen LogP contribution in [0.25, 0.3) is 10.9 Å². The van der Waals surface area contributed by atoms with E-state index in [-0.39, 0.29) is 12.2 Å². The Hall–Kier alpha value is -2.95. The van der Waals surface area contributed by atoms with Gasteiger partial charge in [-0.3, -0.25) is 4.79 Å². The summed E-state index contributed by atoms with van der Waals surface area (Å²) in [6.07, 6.45) is 2.03. The summed E-state index contributed by atoms with van der Waals surface area (Å²) in [6, 6.07) is 11.1. The van der Waals surface area contributed by atoms with Crippen LogP contribution in [0.1, 0.15) is 15.9 Å².